The highest BCUT2D eigenvalue weighted by molar-refractivity contribution is 7.12. The fourth-order valence-corrected chi connectivity index (χ4v) is 3.17. The molecule has 0 aliphatic heterocycles. The number of fused-ring (bicyclic) bond motifs is 1. The third-order valence-corrected chi connectivity index (χ3v) is 4.57. The number of carbonyl (C=O) groups is 1. The molecular weight excluding hydrogens is 318 g/mol. The van der Waals surface area contributed by atoms with Crippen molar-refractivity contribution in [1.82, 2.24) is 15.0 Å². The van der Waals surface area contributed by atoms with Crippen molar-refractivity contribution in [2.75, 3.05) is 0 Å². The number of ketones is 1. The van der Waals surface area contributed by atoms with E-state index in [9.17, 15) is 4.79 Å². The Labute approximate surface area is 142 Å². The SMILES string of the molecule is O=C(/C=C(\c1ccccc1)n1nnc2ccccc21)c1cccs1. The molecule has 0 aliphatic carbocycles. The Morgan fingerprint density at radius 3 is 2.54 bits per heavy atom. The molecule has 5 heteroatoms. The topological polar surface area (TPSA) is 47.8 Å². The van der Waals surface area contributed by atoms with E-state index in [1.165, 1.54) is 11.3 Å². The maximum atomic E-state index is 12.6. The van der Waals surface area contributed by atoms with E-state index in [1.54, 1.807) is 10.8 Å². The highest BCUT2D eigenvalue weighted by Crippen LogP contribution is 2.22. The van der Waals surface area contributed by atoms with Gasteiger partial charge in [0.2, 0.25) is 0 Å². The smallest absolute Gasteiger partial charge is 0.197 e. The first-order chi connectivity index (χ1) is 11.8. The Hall–Kier alpha value is -3.05. The third-order valence-electron chi connectivity index (χ3n) is 3.68. The molecule has 0 radical (unpaired) electrons. The van der Waals surface area contributed by atoms with Crippen LogP contribution in [-0.2, 0) is 0 Å². The lowest BCUT2D eigenvalue weighted by Crippen LogP contribution is -2.04. The number of benzene rings is 2. The van der Waals surface area contributed by atoms with Crippen LogP contribution in [0.2, 0.25) is 0 Å². The second-order valence-corrected chi connectivity index (χ2v) is 6.17. The van der Waals surface area contributed by atoms with E-state index in [4.69, 9.17) is 0 Å². The van der Waals surface area contributed by atoms with Crippen LogP contribution in [0, 0.1) is 0 Å². The Balaban J connectivity index is 1.90. The van der Waals surface area contributed by atoms with Gasteiger partial charge in [-0.15, -0.1) is 16.4 Å². The summed E-state index contributed by atoms with van der Waals surface area (Å²) in [4.78, 5) is 13.3. The number of hydrogen-bond acceptors (Lipinski definition) is 4. The molecule has 4 rings (SSSR count). The summed E-state index contributed by atoms with van der Waals surface area (Å²) in [7, 11) is 0. The highest BCUT2D eigenvalue weighted by Gasteiger charge is 2.13. The molecule has 0 spiro atoms. The first-order valence-corrected chi connectivity index (χ1v) is 8.37. The Morgan fingerprint density at radius 1 is 0.958 bits per heavy atom. The number of thiophene rings is 1. The number of allylic oxidation sites excluding steroid dienone is 1. The zero-order valence-corrected chi connectivity index (χ0v) is 13.5. The molecule has 0 atom stereocenters. The first kappa shape index (κ1) is 14.5. The van der Waals surface area contributed by atoms with E-state index in [0.717, 1.165) is 16.6 Å². The largest absolute Gasteiger partial charge is 0.288 e. The van der Waals surface area contributed by atoms with Crippen LogP contribution in [0.4, 0.5) is 0 Å². The fourth-order valence-electron chi connectivity index (χ4n) is 2.54. The van der Waals surface area contributed by atoms with Gasteiger partial charge in [-0.3, -0.25) is 4.79 Å². The summed E-state index contributed by atoms with van der Waals surface area (Å²) < 4.78 is 1.72. The van der Waals surface area contributed by atoms with Gasteiger partial charge in [-0.1, -0.05) is 53.7 Å². The first-order valence-electron chi connectivity index (χ1n) is 7.49. The molecule has 0 amide bonds. The molecule has 4 nitrogen and oxygen atoms in total. The molecule has 2 aromatic heterocycles. The minimum Gasteiger partial charge on any atom is -0.288 e. The van der Waals surface area contributed by atoms with Gasteiger partial charge in [0.25, 0.3) is 0 Å². The van der Waals surface area contributed by atoms with Gasteiger partial charge in [0.15, 0.2) is 5.78 Å². The number of carbonyl (C=O) groups excluding carboxylic acids is 1. The molecule has 2 aromatic carbocycles. The van der Waals surface area contributed by atoms with Crippen LogP contribution in [0.25, 0.3) is 16.7 Å². The molecule has 0 fully saturated rings. The summed E-state index contributed by atoms with van der Waals surface area (Å²) in [5.41, 5.74) is 3.29. The number of aromatic nitrogens is 3. The van der Waals surface area contributed by atoms with Crippen LogP contribution in [0.15, 0.2) is 78.2 Å². The lowest BCUT2D eigenvalue weighted by molar-refractivity contribution is 0.105. The molecule has 0 saturated carbocycles. The molecule has 116 valence electrons. The van der Waals surface area contributed by atoms with Crippen LogP contribution < -0.4 is 0 Å². The van der Waals surface area contributed by atoms with Crippen LogP contribution in [-0.4, -0.2) is 20.8 Å². The van der Waals surface area contributed by atoms with Crippen molar-refractivity contribution in [3.63, 3.8) is 0 Å². The van der Waals surface area contributed by atoms with Crippen LogP contribution >= 0.6 is 11.3 Å². The Bertz CT molecular complexity index is 1020. The summed E-state index contributed by atoms with van der Waals surface area (Å²) in [6.07, 6.45) is 1.63. The molecular formula is C19H13N3OS. The zero-order valence-electron chi connectivity index (χ0n) is 12.7. The van der Waals surface area contributed by atoms with Gasteiger partial charge in [0.1, 0.15) is 5.52 Å². The van der Waals surface area contributed by atoms with E-state index in [-0.39, 0.29) is 5.78 Å². The number of nitrogens with zero attached hydrogens (tertiary/aromatic N) is 3. The second kappa shape index (κ2) is 6.22. The van der Waals surface area contributed by atoms with Crippen molar-refractivity contribution in [1.29, 1.82) is 0 Å². The predicted molar refractivity (Wildman–Crippen MR) is 96.0 cm³/mol. The van der Waals surface area contributed by atoms with Crippen molar-refractivity contribution in [2.45, 2.75) is 0 Å². The maximum Gasteiger partial charge on any atom is 0.197 e. The molecule has 0 saturated heterocycles. The van der Waals surface area contributed by atoms with Crippen molar-refractivity contribution in [3.8, 4) is 0 Å². The summed E-state index contributed by atoms with van der Waals surface area (Å²) in [6.45, 7) is 0. The van der Waals surface area contributed by atoms with Crippen molar-refractivity contribution >= 4 is 33.9 Å². The predicted octanol–water partition coefficient (Wildman–Crippen LogP) is 4.26. The maximum absolute atomic E-state index is 12.6. The van der Waals surface area contributed by atoms with Crippen LogP contribution in [0.1, 0.15) is 15.2 Å². The lowest BCUT2D eigenvalue weighted by Gasteiger charge is -2.08. The van der Waals surface area contributed by atoms with Crippen molar-refractivity contribution < 1.29 is 4.79 Å². The highest BCUT2D eigenvalue weighted by atomic mass is 32.1. The summed E-state index contributed by atoms with van der Waals surface area (Å²) in [5.74, 6) is -0.0385. The summed E-state index contributed by atoms with van der Waals surface area (Å²) >= 11 is 1.43. The summed E-state index contributed by atoms with van der Waals surface area (Å²) in [5, 5.41) is 10.4. The van der Waals surface area contributed by atoms with Gasteiger partial charge in [0, 0.05) is 11.6 Å². The normalized spacial score (nSPS) is 11.8. The lowest BCUT2D eigenvalue weighted by atomic mass is 10.1. The van der Waals surface area contributed by atoms with E-state index in [1.807, 2.05) is 72.1 Å². The minimum atomic E-state index is -0.0385. The minimum absolute atomic E-state index is 0.0385. The van der Waals surface area contributed by atoms with Crippen molar-refractivity contribution in [2.24, 2.45) is 0 Å². The molecule has 0 N–H and O–H groups in total. The molecule has 24 heavy (non-hydrogen) atoms. The van der Waals surface area contributed by atoms with Gasteiger partial charge in [-0.2, -0.15) is 0 Å². The quantitative estimate of drug-likeness (QED) is 0.414. The average Bonchev–Trinajstić information content (AvgIpc) is 3.30. The van der Waals surface area contributed by atoms with E-state index in [2.05, 4.69) is 10.3 Å². The number of rotatable bonds is 4. The summed E-state index contributed by atoms with van der Waals surface area (Å²) in [6, 6.07) is 21.2. The molecule has 0 aliphatic rings. The van der Waals surface area contributed by atoms with Gasteiger partial charge in [-0.05, 0) is 23.6 Å². The Morgan fingerprint density at radius 2 is 1.75 bits per heavy atom. The number of hydrogen-bond donors (Lipinski definition) is 0. The molecule has 2 heterocycles. The molecule has 4 aromatic rings. The van der Waals surface area contributed by atoms with Gasteiger partial charge in [0.05, 0.1) is 16.1 Å². The monoisotopic (exact) mass is 331 g/mol. The molecule has 0 unspecified atom stereocenters. The fraction of sp³-hybridized carbons (Fsp3) is 0. The standard InChI is InChI=1S/C19H13N3OS/c23-18(19-11-6-12-24-19)13-17(14-7-2-1-3-8-14)22-16-10-5-4-9-15(16)20-21-22/h1-13H/b17-13+. The van der Waals surface area contributed by atoms with E-state index >= 15 is 0 Å². The van der Waals surface area contributed by atoms with E-state index in [0.29, 0.717) is 10.6 Å². The average molecular weight is 331 g/mol. The van der Waals surface area contributed by atoms with E-state index < -0.39 is 0 Å². The van der Waals surface area contributed by atoms with Crippen LogP contribution in [0.5, 0.6) is 0 Å². The number of para-hydroxylation sites is 1. The molecule has 0 bridgehead atoms. The van der Waals surface area contributed by atoms with Gasteiger partial charge in [-0.25, -0.2) is 4.68 Å². The van der Waals surface area contributed by atoms with Gasteiger partial charge < -0.3 is 0 Å². The Kier molecular flexibility index (Phi) is 3.76. The second-order valence-electron chi connectivity index (χ2n) is 5.23. The van der Waals surface area contributed by atoms with Gasteiger partial charge >= 0.3 is 0 Å². The van der Waals surface area contributed by atoms with Crippen LogP contribution in [0.3, 0.4) is 0 Å². The van der Waals surface area contributed by atoms with Crippen molar-refractivity contribution in [3.05, 3.63) is 88.6 Å². The zero-order chi connectivity index (χ0) is 16.4. The third kappa shape index (κ3) is 2.66.